The second-order valence-corrected chi connectivity index (χ2v) is 9.02. The van der Waals surface area contributed by atoms with Gasteiger partial charge in [0.2, 0.25) is 5.95 Å². The van der Waals surface area contributed by atoms with Gasteiger partial charge in [-0.1, -0.05) is 0 Å². The number of H-pyrrole nitrogens is 1. The summed E-state index contributed by atoms with van der Waals surface area (Å²) in [6, 6.07) is 12.6. The Morgan fingerprint density at radius 3 is 2.60 bits per heavy atom. The predicted octanol–water partition coefficient (Wildman–Crippen LogP) is 2.92. The molecule has 0 radical (unpaired) electrons. The van der Waals surface area contributed by atoms with Gasteiger partial charge < -0.3 is 30.6 Å². The number of morpholine rings is 1. The number of hydrogen-bond acceptors (Lipinski definition) is 9. The average molecular weight is 472 g/mol. The molecule has 2 aliphatic rings. The van der Waals surface area contributed by atoms with Crippen LogP contribution in [-0.2, 0) is 4.74 Å². The van der Waals surface area contributed by atoms with Gasteiger partial charge in [-0.05, 0) is 49.2 Å². The number of fused-ring (bicyclic) bond motifs is 1. The fraction of sp³-hybridized carbons (Fsp3) is 0.360. The number of piperidine rings is 1. The minimum atomic E-state index is 0.202. The molecular formula is C25H29N9O. The molecule has 2 fully saturated rings. The summed E-state index contributed by atoms with van der Waals surface area (Å²) in [7, 11) is 0. The van der Waals surface area contributed by atoms with Crippen molar-refractivity contribution in [2.24, 2.45) is 5.73 Å². The maximum Gasteiger partial charge on any atom is 0.229 e. The fourth-order valence-electron chi connectivity index (χ4n) is 4.74. The van der Waals surface area contributed by atoms with Gasteiger partial charge in [0, 0.05) is 55.4 Å². The van der Waals surface area contributed by atoms with Crippen molar-refractivity contribution in [2.45, 2.75) is 18.9 Å². The largest absolute Gasteiger partial charge is 0.378 e. The van der Waals surface area contributed by atoms with Crippen LogP contribution in [0.2, 0.25) is 0 Å². The highest BCUT2D eigenvalue weighted by molar-refractivity contribution is 5.88. The lowest BCUT2D eigenvalue weighted by atomic mass is 10.1. The van der Waals surface area contributed by atoms with Crippen LogP contribution in [0.3, 0.4) is 0 Å². The van der Waals surface area contributed by atoms with E-state index in [2.05, 4.69) is 42.2 Å². The molecule has 10 heteroatoms. The molecule has 0 amide bonds. The lowest BCUT2D eigenvalue weighted by Crippen LogP contribution is -2.43. The highest BCUT2D eigenvalue weighted by atomic mass is 16.5. The van der Waals surface area contributed by atoms with Crippen LogP contribution in [0.4, 0.5) is 23.1 Å². The number of nitrogens with two attached hydrogens (primary N) is 1. The van der Waals surface area contributed by atoms with Crippen molar-refractivity contribution in [3.63, 3.8) is 0 Å². The number of hydrogen-bond donors (Lipinski definition) is 3. The normalized spacial score (nSPS) is 18.7. The molecule has 0 spiro atoms. The third kappa shape index (κ3) is 4.62. The van der Waals surface area contributed by atoms with Crippen molar-refractivity contribution in [1.29, 1.82) is 0 Å². The van der Waals surface area contributed by atoms with Crippen molar-refractivity contribution < 1.29 is 4.74 Å². The minimum absolute atomic E-state index is 0.202. The van der Waals surface area contributed by atoms with Crippen LogP contribution in [0.5, 0.6) is 0 Å². The molecule has 4 aromatic rings. The first kappa shape index (κ1) is 21.8. The standard InChI is InChI=1S/C25H29N9O/c26-18-2-1-9-34(15-18)21-8-3-17(14-27-21)22-23-24(29-16-28-23)32-25(31-22)30-19-4-6-20(7-5-19)33-10-12-35-13-11-33/h3-8,14,16,18H,1-2,9-13,15,26H2,(H2,28,29,30,31,32). The van der Waals surface area contributed by atoms with Crippen LogP contribution in [0.15, 0.2) is 48.9 Å². The van der Waals surface area contributed by atoms with Crippen molar-refractivity contribution in [2.75, 3.05) is 54.5 Å². The van der Waals surface area contributed by atoms with Gasteiger partial charge in [-0.15, -0.1) is 0 Å². The third-order valence-electron chi connectivity index (χ3n) is 6.59. The predicted molar refractivity (Wildman–Crippen MR) is 137 cm³/mol. The molecule has 2 saturated heterocycles. The number of nitrogens with one attached hydrogen (secondary N) is 2. The molecule has 0 bridgehead atoms. The van der Waals surface area contributed by atoms with Gasteiger partial charge in [0.1, 0.15) is 17.0 Å². The number of nitrogens with zero attached hydrogens (tertiary/aromatic N) is 6. The molecule has 4 N–H and O–H groups in total. The second-order valence-electron chi connectivity index (χ2n) is 9.02. The Bertz CT molecular complexity index is 1280. The van der Waals surface area contributed by atoms with Crippen LogP contribution in [0.25, 0.3) is 22.4 Å². The summed E-state index contributed by atoms with van der Waals surface area (Å²) < 4.78 is 5.45. The summed E-state index contributed by atoms with van der Waals surface area (Å²) in [5.74, 6) is 1.43. The molecule has 0 aliphatic carbocycles. The van der Waals surface area contributed by atoms with Gasteiger partial charge >= 0.3 is 0 Å². The first-order valence-electron chi connectivity index (χ1n) is 12.1. The number of benzene rings is 1. The number of ether oxygens (including phenoxy) is 1. The van der Waals surface area contributed by atoms with E-state index in [4.69, 9.17) is 20.4 Å². The third-order valence-corrected chi connectivity index (χ3v) is 6.59. The molecular weight excluding hydrogens is 442 g/mol. The SMILES string of the molecule is NC1CCCN(c2ccc(-c3nc(Nc4ccc(N5CCOCC5)cc4)nc4nc[nH]c34)cn2)C1. The first-order valence-corrected chi connectivity index (χ1v) is 12.1. The Morgan fingerprint density at radius 1 is 0.971 bits per heavy atom. The molecule has 0 saturated carbocycles. The van der Waals surface area contributed by atoms with Crippen LogP contribution < -0.4 is 20.9 Å². The summed E-state index contributed by atoms with van der Waals surface area (Å²) in [6.07, 6.45) is 5.66. The maximum absolute atomic E-state index is 6.15. The van der Waals surface area contributed by atoms with Gasteiger partial charge in [0.15, 0.2) is 5.65 Å². The molecule has 3 aromatic heterocycles. The van der Waals surface area contributed by atoms with E-state index in [0.29, 0.717) is 11.6 Å². The highest BCUT2D eigenvalue weighted by Gasteiger charge is 2.19. The van der Waals surface area contributed by atoms with Crippen LogP contribution in [0, 0.1) is 0 Å². The summed E-state index contributed by atoms with van der Waals surface area (Å²) >= 11 is 0. The van der Waals surface area contributed by atoms with E-state index in [0.717, 1.165) is 80.5 Å². The number of rotatable bonds is 5. The van der Waals surface area contributed by atoms with Crippen molar-refractivity contribution >= 4 is 34.3 Å². The smallest absolute Gasteiger partial charge is 0.229 e. The van der Waals surface area contributed by atoms with Crippen molar-refractivity contribution in [3.8, 4) is 11.3 Å². The summed E-state index contributed by atoms with van der Waals surface area (Å²) in [4.78, 5) is 26.2. The number of anilines is 4. The molecule has 10 nitrogen and oxygen atoms in total. The van der Waals surface area contributed by atoms with E-state index in [9.17, 15) is 0 Å². The van der Waals surface area contributed by atoms with Crippen molar-refractivity contribution in [3.05, 3.63) is 48.9 Å². The molecule has 180 valence electrons. The van der Waals surface area contributed by atoms with E-state index in [-0.39, 0.29) is 6.04 Å². The van der Waals surface area contributed by atoms with Crippen LogP contribution >= 0.6 is 0 Å². The molecule has 6 rings (SSSR count). The molecule has 35 heavy (non-hydrogen) atoms. The topological polar surface area (TPSA) is 121 Å². The van der Waals surface area contributed by atoms with E-state index in [1.807, 2.05) is 30.5 Å². The first-order chi connectivity index (χ1) is 17.2. The van der Waals surface area contributed by atoms with Crippen molar-refractivity contribution in [1.82, 2.24) is 24.9 Å². The zero-order chi connectivity index (χ0) is 23.6. The van der Waals surface area contributed by atoms with Gasteiger partial charge in [0.05, 0.1) is 19.5 Å². The summed E-state index contributed by atoms with van der Waals surface area (Å²) in [5.41, 5.74) is 11.3. The number of aromatic nitrogens is 5. The number of imidazole rings is 1. The lowest BCUT2D eigenvalue weighted by Gasteiger charge is -2.31. The van der Waals surface area contributed by atoms with Crippen LogP contribution in [0.1, 0.15) is 12.8 Å². The monoisotopic (exact) mass is 471 g/mol. The highest BCUT2D eigenvalue weighted by Crippen LogP contribution is 2.28. The Labute approximate surface area is 203 Å². The van der Waals surface area contributed by atoms with Gasteiger partial charge in [0.25, 0.3) is 0 Å². The Balaban J connectivity index is 1.24. The quantitative estimate of drug-likeness (QED) is 0.403. The fourth-order valence-corrected chi connectivity index (χ4v) is 4.74. The molecule has 5 heterocycles. The van der Waals surface area contributed by atoms with E-state index in [1.165, 1.54) is 5.69 Å². The van der Waals surface area contributed by atoms with Gasteiger partial charge in [-0.25, -0.2) is 15.0 Å². The summed E-state index contributed by atoms with van der Waals surface area (Å²) in [6.45, 7) is 5.17. The molecule has 1 unspecified atom stereocenters. The lowest BCUT2D eigenvalue weighted by molar-refractivity contribution is 0.122. The molecule has 1 aromatic carbocycles. The maximum atomic E-state index is 6.15. The van der Waals surface area contributed by atoms with E-state index >= 15 is 0 Å². The zero-order valence-electron chi connectivity index (χ0n) is 19.5. The van der Waals surface area contributed by atoms with Gasteiger partial charge in [-0.3, -0.25) is 0 Å². The van der Waals surface area contributed by atoms with Crippen LogP contribution in [-0.4, -0.2) is 70.4 Å². The van der Waals surface area contributed by atoms with E-state index in [1.54, 1.807) is 6.33 Å². The second kappa shape index (κ2) is 9.47. The average Bonchev–Trinajstić information content (AvgIpc) is 3.38. The van der Waals surface area contributed by atoms with E-state index < -0.39 is 0 Å². The molecule has 2 aliphatic heterocycles. The molecule has 1 atom stereocenters. The summed E-state index contributed by atoms with van der Waals surface area (Å²) in [5, 5.41) is 3.33. The zero-order valence-corrected chi connectivity index (χ0v) is 19.5. The number of aromatic amines is 1. The number of pyridine rings is 1. The van der Waals surface area contributed by atoms with Gasteiger partial charge in [-0.2, -0.15) is 4.98 Å². The Hall–Kier alpha value is -3.76. The minimum Gasteiger partial charge on any atom is -0.378 e. The Kier molecular flexibility index (Phi) is 5.89. The Morgan fingerprint density at radius 2 is 1.83 bits per heavy atom.